The number of hydrogen-bond acceptors (Lipinski definition) is 4. The predicted molar refractivity (Wildman–Crippen MR) is 64.6 cm³/mol. The normalized spacial score (nSPS) is 11.9. The van der Waals surface area contributed by atoms with Crippen LogP contribution in [0.2, 0.25) is 0 Å². The molecular formula is C11H14FN3O3. The van der Waals surface area contributed by atoms with E-state index in [-0.39, 0.29) is 5.69 Å². The maximum absolute atomic E-state index is 12.9. The van der Waals surface area contributed by atoms with Crippen LogP contribution in [0, 0.1) is 15.9 Å². The summed E-state index contributed by atoms with van der Waals surface area (Å²) in [4.78, 5) is 21.6. The van der Waals surface area contributed by atoms with Gasteiger partial charge in [-0.05, 0) is 18.6 Å². The smallest absolute Gasteiger partial charge is 0.295 e. The molecule has 0 saturated carbocycles. The molecule has 6 nitrogen and oxygen atoms in total. The fraction of sp³-hybridized carbons (Fsp3) is 0.364. The van der Waals surface area contributed by atoms with Gasteiger partial charge in [-0.2, -0.15) is 0 Å². The van der Waals surface area contributed by atoms with E-state index in [9.17, 15) is 19.3 Å². The number of hydrogen-bond donors (Lipinski definition) is 2. The summed E-state index contributed by atoms with van der Waals surface area (Å²) in [5, 5.41) is 13.0. The molecule has 0 aliphatic carbocycles. The molecule has 1 amide bonds. The zero-order valence-corrected chi connectivity index (χ0v) is 9.85. The minimum absolute atomic E-state index is 0.0575. The molecule has 0 aliphatic rings. The average Bonchev–Trinajstić information content (AvgIpc) is 2.31. The Balaban J connectivity index is 2.90. The van der Waals surface area contributed by atoms with E-state index in [1.54, 1.807) is 0 Å². The molecule has 0 aromatic heterocycles. The maximum Gasteiger partial charge on any atom is 0.295 e. The number of amides is 1. The van der Waals surface area contributed by atoms with Crippen molar-refractivity contribution in [3.8, 4) is 0 Å². The third-order valence-corrected chi connectivity index (χ3v) is 2.35. The van der Waals surface area contributed by atoms with Gasteiger partial charge in [-0.3, -0.25) is 14.9 Å². The molecule has 0 saturated heterocycles. The average molecular weight is 255 g/mol. The number of halogens is 1. The standard InChI is InChI=1S/C11H14FN3O3/c1-2-3-8(13)11(16)14-9-5-4-7(12)6-10(9)15(17)18/h4-6,8H,2-3,13H2,1H3,(H,14,16). The van der Waals surface area contributed by atoms with Crippen molar-refractivity contribution in [3.05, 3.63) is 34.1 Å². The fourth-order valence-electron chi connectivity index (χ4n) is 1.43. The largest absolute Gasteiger partial charge is 0.320 e. The summed E-state index contributed by atoms with van der Waals surface area (Å²) in [6.45, 7) is 1.87. The minimum atomic E-state index is -0.760. The van der Waals surface area contributed by atoms with E-state index in [2.05, 4.69) is 5.32 Å². The number of nitrogens with zero attached hydrogens (tertiary/aromatic N) is 1. The molecule has 1 atom stereocenters. The third kappa shape index (κ3) is 3.49. The Bertz CT molecular complexity index is 465. The van der Waals surface area contributed by atoms with Gasteiger partial charge in [0, 0.05) is 0 Å². The van der Waals surface area contributed by atoms with Crippen molar-refractivity contribution in [2.24, 2.45) is 5.73 Å². The van der Waals surface area contributed by atoms with Crippen molar-refractivity contribution in [1.82, 2.24) is 0 Å². The van der Waals surface area contributed by atoms with Gasteiger partial charge in [0.25, 0.3) is 5.69 Å². The van der Waals surface area contributed by atoms with Gasteiger partial charge in [-0.25, -0.2) is 4.39 Å². The van der Waals surface area contributed by atoms with Crippen LogP contribution < -0.4 is 11.1 Å². The van der Waals surface area contributed by atoms with Gasteiger partial charge in [0.2, 0.25) is 5.91 Å². The summed E-state index contributed by atoms with van der Waals surface area (Å²) in [6.07, 6.45) is 1.20. The van der Waals surface area contributed by atoms with E-state index in [1.165, 1.54) is 0 Å². The highest BCUT2D eigenvalue weighted by molar-refractivity contribution is 5.96. The van der Waals surface area contributed by atoms with Crippen LogP contribution in [0.4, 0.5) is 15.8 Å². The SMILES string of the molecule is CCCC(N)C(=O)Nc1ccc(F)cc1[N+](=O)[O-]. The number of nitrogens with two attached hydrogens (primary N) is 1. The first-order valence-electron chi connectivity index (χ1n) is 5.46. The lowest BCUT2D eigenvalue weighted by atomic mass is 10.1. The molecule has 1 rings (SSSR count). The van der Waals surface area contributed by atoms with Crippen molar-refractivity contribution in [3.63, 3.8) is 0 Å². The zero-order chi connectivity index (χ0) is 13.7. The number of nitro groups is 1. The Morgan fingerprint density at radius 2 is 2.28 bits per heavy atom. The van der Waals surface area contributed by atoms with Gasteiger partial charge in [0.15, 0.2) is 0 Å². The Hall–Kier alpha value is -2.02. The minimum Gasteiger partial charge on any atom is -0.320 e. The van der Waals surface area contributed by atoms with E-state index < -0.39 is 28.4 Å². The molecule has 1 aromatic carbocycles. The van der Waals surface area contributed by atoms with Crippen LogP contribution in [0.25, 0.3) is 0 Å². The lowest BCUT2D eigenvalue weighted by Crippen LogP contribution is -2.35. The highest BCUT2D eigenvalue weighted by Gasteiger charge is 2.19. The monoisotopic (exact) mass is 255 g/mol. The van der Waals surface area contributed by atoms with Crippen LogP contribution in [-0.2, 0) is 4.79 Å². The van der Waals surface area contributed by atoms with E-state index in [4.69, 9.17) is 5.73 Å². The molecule has 0 heterocycles. The van der Waals surface area contributed by atoms with Crippen LogP contribution in [-0.4, -0.2) is 16.9 Å². The molecule has 0 aliphatic heterocycles. The number of rotatable bonds is 5. The third-order valence-electron chi connectivity index (χ3n) is 2.35. The topological polar surface area (TPSA) is 98.3 Å². The number of nitro benzene ring substituents is 1. The Morgan fingerprint density at radius 3 is 2.83 bits per heavy atom. The summed E-state index contributed by atoms with van der Waals surface area (Å²) in [5.41, 5.74) is 5.02. The maximum atomic E-state index is 12.9. The predicted octanol–water partition coefficient (Wildman–Crippen LogP) is 1.80. The van der Waals surface area contributed by atoms with Gasteiger partial charge in [-0.1, -0.05) is 13.3 Å². The Morgan fingerprint density at radius 1 is 1.61 bits per heavy atom. The molecule has 0 bridgehead atoms. The number of benzene rings is 1. The Labute approximate surface area is 103 Å². The van der Waals surface area contributed by atoms with Crippen molar-refractivity contribution < 1.29 is 14.1 Å². The van der Waals surface area contributed by atoms with E-state index >= 15 is 0 Å². The molecule has 0 fully saturated rings. The number of nitrogens with one attached hydrogen (secondary N) is 1. The second-order valence-electron chi connectivity index (χ2n) is 3.80. The zero-order valence-electron chi connectivity index (χ0n) is 9.85. The van der Waals surface area contributed by atoms with Crippen LogP contribution in [0.3, 0.4) is 0 Å². The van der Waals surface area contributed by atoms with Crippen LogP contribution in [0.1, 0.15) is 19.8 Å². The molecule has 98 valence electrons. The van der Waals surface area contributed by atoms with E-state index in [1.807, 2.05) is 6.92 Å². The number of carbonyl (C=O) groups is 1. The molecule has 18 heavy (non-hydrogen) atoms. The van der Waals surface area contributed by atoms with Crippen molar-refractivity contribution in [1.29, 1.82) is 0 Å². The van der Waals surface area contributed by atoms with Crippen LogP contribution >= 0.6 is 0 Å². The van der Waals surface area contributed by atoms with E-state index in [0.717, 1.165) is 24.6 Å². The highest BCUT2D eigenvalue weighted by atomic mass is 19.1. The molecule has 0 spiro atoms. The van der Waals surface area contributed by atoms with Gasteiger partial charge in [0.1, 0.15) is 11.5 Å². The lowest BCUT2D eigenvalue weighted by molar-refractivity contribution is -0.384. The second-order valence-corrected chi connectivity index (χ2v) is 3.80. The van der Waals surface area contributed by atoms with Gasteiger partial charge < -0.3 is 11.1 Å². The van der Waals surface area contributed by atoms with Crippen LogP contribution in [0.5, 0.6) is 0 Å². The first-order valence-corrected chi connectivity index (χ1v) is 5.46. The summed E-state index contributed by atoms with van der Waals surface area (Å²) in [5.74, 6) is -1.26. The Kier molecular flexibility index (Phi) is 4.73. The van der Waals surface area contributed by atoms with Crippen molar-refractivity contribution in [2.75, 3.05) is 5.32 Å². The molecule has 0 radical (unpaired) electrons. The summed E-state index contributed by atoms with van der Waals surface area (Å²) in [6, 6.07) is 2.19. The number of anilines is 1. The summed E-state index contributed by atoms with van der Waals surface area (Å²) < 4.78 is 12.9. The molecule has 3 N–H and O–H groups in total. The molecule has 7 heteroatoms. The van der Waals surface area contributed by atoms with E-state index in [0.29, 0.717) is 6.42 Å². The fourth-order valence-corrected chi connectivity index (χ4v) is 1.43. The second kappa shape index (κ2) is 6.06. The van der Waals surface area contributed by atoms with Crippen LogP contribution in [0.15, 0.2) is 18.2 Å². The first kappa shape index (κ1) is 14.0. The molecule has 1 unspecified atom stereocenters. The molecule has 1 aromatic rings. The van der Waals surface area contributed by atoms with Gasteiger partial charge >= 0.3 is 0 Å². The van der Waals surface area contributed by atoms with Gasteiger partial charge in [0.05, 0.1) is 17.0 Å². The van der Waals surface area contributed by atoms with Crippen molar-refractivity contribution >= 4 is 17.3 Å². The summed E-state index contributed by atoms with van der Waals surface area (Å²) in [7, 11) is 0. The lowest BCUT2D eigenvalue weighted by Gasteiger charge is -2.11. The first-order chi connectivity index (χ1) is 8.45. The number of carbonyl (C=O) groups excluding carboxylic acids is 1. The highest BCUT2D eigenvalue weighted by Crippen LogP contribution is 2.25. The van der Waals surface area contributed by atoms with Gasteiger partial charge in [-0.15, -0.1) is 0 Å². The summed E-state index contributed by atoms with van der Waals surface area (Å²) >= 11 is 0. The van der Waals surface area contributed by atoms with Crippen molar-refractivity contribution in [2.45, 2.75) is 25.8 Å². The quantitative estimate of drug-likeness (QED) is 0.619. The molecular weight excluding hydrogens is 241 g/mol.